The largest absolute Gasteiger partial charge is 0.548 e. The number of hydrogen-bond acceptors (Lipinski definition) is 4. The van der Waals surface area contributed by atoms with Crippen molar-refractivity contribution in [3.8, 4) is 0 Å². The van der Waals surface area contributed by atoms with Crippen LogP contribution in [-0.2, 0) is 14.4 Å². The molecule has 2 bridgehead atoms. The summed E-state index contributed by atoms with van der Waals surface area (Å²) in [4.78, 5) is 37.0. The smallest absolute Gasteiger partial charge is 0.234 e. The average Bonchev–Trinajstić information content (AvgIpc) is 2.97. The number of amides is 2. The topological polar surface area (TPSA) is 77.5 Å². The summed E-state index contributed by atoms with van der Waals surface area (Å²) in [6.07, 6.45) is 4.83. The van der Waals surface area contributed by atoms with Gasteiger partial charge in [0, 0.05) is 0 Å². The van der Waals surface area contributed by atoms with E-state index in [2.05, 4.69) is 0 Å². The molecule has 19 heavy (non-hydrogen) atoms. The molecule has 2 fully saturated rings. The number of nitrogens with zero attached hydrogens (tertiary/aromatic N) is 1. The molecule has 2 aliphatic carbocycles. The fourth-order valence-corrected chi connectivity index (χ4v) is 3.88. The lowest BCUT2D eigenvalue weighted by atomic mass is 9.85. The summed E-state index contributed by atoms with van der Waals surface area (Å²) in [5.74, 6) is -2.83. The highest BCUT2D eigenvalue weighted by Gasteiger charge is 2.60. The molecule has 0 aromatic heterocycles. The zero-order valence-corrected chi connectivity index (χ0v) is 10.9. The van der Waals surface area contributed by atoms with Crippen molar-refractivity contribution in [3.05, 3.63) is 12.2 Å². The van der Waals surface area contributed by atoms with Crippen molar-refractivity contribution in [3.63, 3.8) is 0 Å². The van der Waals surface area contributed by atoms with Crippen LogP contribution in [0.1, 0.15) is 20.3 Å². The number of aliphatic carboxylic acids is 1. The molecule has 0 N–H and O–H groups in total. The van der Waals surface area contributed by atoms with Gasteiger partial charge in [0.15, 0.2) is 0 Å². The van der Waals surface area contributed by atoms with Crippen LogP contribution in [0.25, 0.3) is 0 Å². The molecule has 0 unspecified atom stereocenters. The summed E-state index contributed by atoms with van der Waals surface area (Å²) in [6, 6.07) is -1.15. The number of rotatable bonds is 3. The van der Waals surface area contributed by atoms with Crippen molar-refractivity contribution in [2.24, 2.45) is 29.6 Å². The van der Waals surface area contributed by atoms with Crippen molar-refractivity contribution in [1.29, 1.82) is 0 Å². The minimum absolute atomic E-state index is 0.103. The molecule has 1 heterocycles. The highest BCUT2D eigenvalue weighted by atomic mass is 16.4. The Hall–Kier alpha value is -1.65. The molecule has 3 rings (SSSR count). The molecular weight excluding hydrogens is 246 g/mol. The summed E-state index contributed by atoms with van der Waals surface area (Å²) in [6.45, 7) is 3.37. The van der Waals surface area contributed by atoms with E-state index in [9.17, 15) is 19.5 Å². The van der Waals surface area contributed by atoms with E-state index in [4.69, 9.17) is 0 Å². The van der Waals surface area contributed by atoms with Gasteiger partial charge in [0.25, 0.3) is 0 Å². The second kappa shape index (κ2) is 3.92. The van der Waals surface area contributed by atoms with Crippen LogP contribution in [-0.4, -0.2) is 28.7 Å². The van der Waals surface area contributed by atoms with E-state index in [1.54, 1.807) is 13.8 Å². The molecule has 0 radical (unpaired) electrons. The first-order chi connectivity index (χ1) is 8.93. The third-order valence-corrected chi connectivity index (χ3v) is 4.66. The van der Waals surface area contributed by atoms with Gasteiger partial charge in [0.05, 0.1) is 23.8 Å². The number of carbonyl (C=O) groups is 3. The van der Waals surface area contributed by atoms with Crippen LogP contribution >= 0.6 is 0 Å². The van der Waals surface area contributed by atoms with E-state index >= 15 is 0 Å². The number of carboxylic acid groups (broad SMARTS) is 1. The minimum Gasteiger partial charge on any atom is -0.548 e. The van der Waals surface area contributed by atoms with Gasteiger partial charge >= 0.3 is 0 Å². The molecule has 0 aromatic rings. The summed E-state index contributed by atoms with van der Waals surface area (Å²) in [5, 5.41) is 11.2. The Balaban J connectivity index is 1.96. The number of hydrogen-bond donors (Lipinski definition) is 0. The summed E-state index contributed by atoms with van der Waals surface area (Å²) in [5.41, 5.74) is 0. The third-order valence-electron chi connectivity index (χ3n) is 4.66. The molecule has 102 valence electrons. The predicted octanol–water partition coefficient (Wildman–Crippen LogP) is -0.432. The van der Waals surface area contributed by atoms with Crippen LogP contribution in [0.3, 0.4) is 0 Å². The number of imide groups is 1. The molecule has 5 nitrogen and oxygen atoms in total. The number of carbonyl (C=O) groups excluding carboxylic acids is 3. The zero-order valence-electron chi connectivity index (χ0n) is 10.9. The fourth-order valence-electron chi connectivity index (χ4n) is 3.88. The number of carboxylic acids is 1. The molecule has 1 saturated heterocycles. The van der Waals surface area contributed by atoms with Crippen LogP contribution in [0.15, 0.2) is 12.2 Å². The van der Waals surface area contributed by atoms with Gasteiger partial charge in [-0.15, -0.1) is 0 Å². The SMILES string of the molecule is CC(C)[C@@H](C(=O)[O-])N1C(=O)[C@@H]2[C@@H](C1=O)[C@@H]1C=C[C@@H]2C1. The second-order valence-electron chi connectivity index (χ2n) is 6.05. The van der Waals surface area contributed by atoms with Crippen LogP contribution in [0.5, 0.6) is 0 Å². The average molecular weight is 262 g/mol. The van der Waals surface area contributed by atoms with E-state index in [0.29, 0.717) is 0 Å². The Morgan fingerprint density at radius 1 is 1.21 bits per heavy atom. The molecule has 3 aliphatic rings. The van der Waals surface area contributed by atoms with Gasteiger partial charge in [-0.05, 0) is 24.2 Å². The zero-order chi connectivity index (χ0) is 13.9. The maximum Gasteiger partial charge on any atom is 0.234 e. The molecule has 1 saturated carbocycles. The van der Waals surface area contributed by atoms with E-state index < -0.39 is 12.0 Å². The van der Waals surface area contributed by atoms with Gasteiger partial charge in [-0.2, -0.15) is 0 Å². The van der Waals surface area contributed by atoms with Gasteiger partial charge in [-0.25, -0.2) is 0 Å². The molecular formula is C14H16NO4-. The van der Waals surface area contributed by atoms with Gasteiger partial charge in [0.1, 0.15) is 0 Å². The van der Waals surface area contributed by atoms with Crippen molar-refractivity contribution in [2.45, 2.75) is 26.3 Å². The van der Waals surface area contributed by atoms with E-state index in [-0.39, 0.29) is 41.4 Å². The summed E-state index contributed by atoms with van der Waals surface area (Å²) in [7, 11) is 0. The predicted molar refractivity (Wildman–Crippen MR) is 63.2 cm³/mol. The van der Waals surface area contributed by atoms with Crippen LogP contribution in [0, 0.1) is 29.6 Å². The summed E-state index contributed by atoms with van der Waals surface area (Å²) >= 11 is 0. The van der Waals surface area contributed by atoms with Crippen molar-refractivity contribution >= 4 is 17.8 Å². The summed E-state index contributed by atoms with van der Waals surface area (Å²) < 4.78 is 0. The van der Waals surface area contributed by atoms with Gasteiger partial charge in [-0.1, -0.05) is 26.0 Å². The van der Waals surface area contributed by atoms with Gasteiger partial charge in [-0.3, -0.25) is 14.5 Å². The molecule has 5 atom stereocenters. The van der Waals surface area contributed by atoms with Crippen LogP contribution in [0.2, 0.25) is 0 Å². The Labute approximate surface area is 111 Å². The minimum atomic E-state index is -1.35. The van der Waals surface area contributed by atoms with E-state index in [0.717, 1.165) is 11.3 Å². The molecule has 1 aliphatic heterocycles. The van der Waals surface area contributed by atoms with Crippen molar-refractivity contribution in [1.82, 2.24) is 4.90 Å². The Morgan fingerprint density at radius 3 is 2.05 bits per heavy atom. The highest BCUT2D eigenvalue weighted by Crippen LogP contribution is 2.53. The first kappa shape index (κ1) is 12.4. The second-order valence-corrected chi connectivity index (χ2v) is 6.05. The van der Waals surface area contributed by atoms with Gasteiger partial charge < -0.3 is 9.90 Å². The Kier molecular flexibility index (Phi) is 2.56. The normalized spacial score (nSPS) is 37.3. The molecule has 0 aromatic carbocycles. The van der Waals surface area contributed by atoms with Crippen molar-refractivity contribution in [2.75, 3.05) is 0 Å². The van der Waals surface area contributed by atoms with Crippen LogP contribution in [0.4, 0.5) is 0 Å². The Bertz CT molecular complexity index is 466. The molecule has 5 heteroatoms. The highest BCUT2D eigenvalue weighted by molar-refractivity contribution is 6.08. The van der Waals surface area contributed by atoms with Crippen molar-refractivity contribution < 1.29 is 19.5 Å². The first-order valence-corrected chi connectivity index (χ1v) is 6.69. The lowest BCUT2D eigenvalue weighted by molar-refractivity contribution is -0.312. The molecule has 0 spiro atoms. The van der Waals surface area contributed by atoms with E-state index in [1.165, 1.54) is 0 Å². The first-order valence-electron chi connectivity index (χ1n) is 6.69. The third kappa shape index (κ3) is 1.50. The van der Waals surface area contributed by atoms with Crippen LogP contribution < -0.4 is 5.11 Å². The lowest BCUT2D eigenvalue weighted by Crippen LogP contribution is -2.54. The maximum absolute atomic E-state index is 12.4. The number of allylic oxidation sites excluding steroid dienone is 2. The standard InChI is InChI=1S/C14H17NO4/c1-6(2)11(14(18)19)15-12(16)9-7-3-4-8(5-7)10(9)13(15)17/h3-4,6-11H,5H2,1-2H3,(H,18,19)/p-1/t7-,8-,9+,10+,11+/m1/s1. The lowest BCUT2D eigenvalue weighted by Gasteiger charge is -2.31. The quantitative estimate of drug-likeness (QED) is 0.510. The maximum atomic E-state index is 12.4. The molecule has 2 amide bonds. The number of fused-ring (bicyclic) bond motifs is 5. The monoisotopic (exact) mass is 262 g/mol. The fraction of sp³-hybridized carbons (Fsp3) is 0.643. The van der Waals surface area contributed by atoms with Gasteiger partial charge in [0.2, 0.25) is 11.8 Å². The Morgan fingerprint density at radius 2 is 1.68 bits per heavy atom. The number of likely N-dealkylation sites (tertiary alicyclic amines) is 1. The van der Waals surface area contributed by atoms with E-state index in [1.807, 2.05) is 12.2 Å².